The van der Waals surface area contributed by atoms with Crippen LogP contribution in [0.15, 0.2) is 42.6 Å². The number of aromatic nitrogens is 1. The predicted molar refractivity (Wildman–Crippen MR) is 88.1 cm³/mol. The van der Waals surface area contributed by atoms with Gasteiger partial charge in [-0.1, -0.05) is 12.1 Å². The summed E-state index contributed by atoms with van der Waals surface area (Å²) in [5, 5.41) is 3.36. The van der Waals surface area contributed by atoms with Crippen LogP contribution in [0, 0.1) is 5.82 Å². The van der Waals surface area contributed by atoms with Crippen LogP contribution in [0.2, 0.25) is 0 Å². The van der Waals surface area contributed by atoms with Crippen LogP contribution < -0.4 is 10.1 Å². The van der Waals surface area contributed by atoms with Crippen LogP contribution in [-0.2, 0) is 6.42 Å². The van der Waals surface area contributed by atoms with E-state index in [1.807, 2.05) is 24.3 Å². The maximum absolute atomic E-state index is 14.1. The summed E-state index contributed by atoms with van der Waals surface area (Å²) in [6, 6.07) is 11.3. The van der Waals surface area contributed by atoms with Crippen LogP contribution in [-0.4, -0.2) is 43.2 Å². The molecule has 0 radical (unpaired) electrons. The number of methoxy groups -OCH3 is 1. The first-order valence-corrected chi connectivity index (χ1v) is 7.96. The smallest absolute Gasteiger partial charge is 0.165 e. The highest BCUT2D eigenvalue weighted by atomic mass is 19.1. The van der Waals surface area contributed by atoms with Gasteiger partial charge in [0.15, 0.2) is 11.6 Å². The summed E-state index contributed by atoms with van der Waals surface area (Å²) in [5.74, 6) is -0.0307. The maximum Gasteiger partial charge on any atom is 0.165 e. The second-order valence-corrected chi connectivity index (χ2v) is 5.72. The average molecular weight is 315 g/mol. The summed E-state index contributed by atoms with van der Waals surface area (Å²) in [5.41, 5.74) is 1.99. The van der Waals surface area contributed by atoms with E-state index < -0.39 is 0 Å². The van der Waals surface area contributed by atoms with Crippen molar-refractivity contribution in [2.24, 2.45) is 0 Å². The molecule has 1 unspecified atom stereocenters. The monoisotopic (exact) mass is 315 g/mol. The lowest BCUT2D eigenvalue weighted by molar-refractivity contribution is 0.171. The zero-order valence-corrected chi connectivity index (χ0v) is 13.3. The van der Waals surface area contributed by atoms with Crippen LogP contribution >= 0.6 is 0 Å². The van der Waals surface area contributed by atoms with E-state index >= 15 is 0 Å². The molecule has 1 aromatic heterocycles. The van der Waals surface area contributed by atoms with Gasteiger partial charge in [-0.2, -0.15) is 0 Å². The van der Waals surface area contributed by atoms with Crippen LogP contribution in [0.4, 0.5) is 4.39 Å². The lowest BCUT2D eigenvalue weighted by Gasteiger charge is -2.35. The van der Waals surface area contributed by atoms with Crippen molar-refractivity contribution in [1.82, 2.24) is 15.2 Å². The number of hydrogen-bond acceptors (Lipinski definition) is 4. The molecule has 2 heterocycles. The third-order valence-corrected chi connectivity index (χ3v) is 4.28. The first-order valence-electron chi connectivity index (χ1n) is 7.96. The molecule has 1 saturated heterocycles. The molecule has 0 aliphatic carbocycles. The normalized spacial score (nSPS) is 17.0. The van der Waals surface area contributed by atoms with Crippen LogP contribution in [0.5, 0.6) is 5.75 Å². The van der Waals surface area contributed by atoms with Gasteiger partial charge in [0.1, 0.15) is 0 Å². The average Bonchev–Trinajstić information content (AvgIpc) is 2.61. The Hall–Kier alpha value is -1.98. The Morgan fingerprint density at radius 1 is 1.26 bits per heavy atom. The quantitative estimate of drug-likeness (QED) is 0.919. The summed E-state index contributed by atoms with van der Waals surface area (Å²) in [6.07, 6.45) is 2.57. The molecule has 1 aliphatic heterocycles. The molecule has 0 spiro atoms. The van der Waals surface area contributed by atoms with Gasteiger partial charge in [0.05, 0.1) is 7.11 Å². The van der Waals surface area contributed by atoms with Gasteiger partial charge in [0.2, 0.25) is 0 Å². The molecule has 1 aliphatic rings. The molecule has 4 nitrogen and oxygen atoms in total. The number of nitrogens with one attached hydrogen (secondary N) is 1. The van der Waals surface area contributed by atoms with E-state index in [-0.39, 0.29) is 17.6 Å². The Labute approximate surface area is 136 Å². The highest BCUT2D eigenvalue weighted by molar-refractivity contribution is 5.32. The molecule has 0 amide bonds. The minimum atomic E-state index is -0.314. The molecule has 0 bridgehead atoms. The predicted octanol–water partition coefficient (Wildman–Crippen LogP) is 2.42. The van der Waals surface area contributed by atoms with E-state index in [1.54, 1.807) is 18.3 Å². The first kappa shape index (κ1) is 15.9. The Bertz CT molecular complexity index is 629. The fourth-order valence-electron chi connectivity index (χ4n) is 3.06. The highest BCUT2D eigenvalue weighted by Gasteiger charge is 2.24. The number of halogens is 1. The lowest BCUT2D eigenvalue weighted by atomic mass is 9.98. The van der Waals surface area contributed by atoms with E-state index in [4.69, 9.17) is 4.74 Å². The number of rotatable bonds is 5. The number of benzene rings is 1. The van der Waals surface area contributed by atoms with Crippen LogP contribution in [0.3, 0.4) is 0 Å². The third-order valence-electron chi connectivity index (χ3n) is 4.28. The largest absolute Gasteiger partial charge is 0.494 e. The van der Waals surface area contributed by atoms with Crippen molar-refractivity contribution in [3.63, 3.8) is 0 Å². The maximum atomic E-state index is 14.1. The van der Waals surface area contributed by atoms with Crippen molar-refractivity contribution in [3.05, 3.63) is 59.7 Å². The van der Waals surface area contributed by atoms with Gasteiger partial charge in [-0.3, -0.25) is 9.88 Å². The minimum absolute atomic E-state index is 0.118. The Morgan fingerprint density at radius 2 is 2.09 bits per heavy atom. The molecule has 1 N–H and O–H groups in total. The Kier molecular flexibility index (Phi) is 5.20. The van der Waals surface area contributed by atoms with E-state index in [9.17, 15) is 4.39 Å². The molecular formula is C18H22FN3O. The number of hydrogen-bond donors (Lipinski definition) is 1. The molecular weight excluding hydrogens is 293 g/mol. The van der Waals surface area contributed by atoms with Gasteiger partial charge in [-0.05, 0) is 29.8 Å². The fraction of sp³-hybridized carbons (Fsp3) is 0.389. The summed E-state index contributed by atoms with van der Waals surface area (Å²) >= 11 is 0. The van der Waals surface area contributed by atoms with Crippen molar-refractivity contribution in [3.8, 4) is 5.75 Å². The number of piperazine rings is 1. The summed E-state index contributed by atoms with van der Waals surface area (Å²) in [4.78, 5) is 6.83. The van der Waals surface area contributed by atoms with Crippen molar-refractivity contribution < 1.29 is 9.13 Å². The third kappa shape index (κ3) is 3.86. The van der Waals surface area contributed by atoms with E-state index in [1.165, 1.54) is 7.11 Å². The zero-order valence-electron chi connectivity index (χ0n) is 13.3. The van der Waals surface area contributed by atoms with E-state index in [0.717, 1.165) is 43.9 Å². The Balaban J connectivity index is 1.89. The molecule has 1 fully saturated rings. The van der Waals surface area contributed by atoms with Crippen molar-refractivity contribution in [1.29, 1.82) is 0 Å². The standard InChI is InChI=1S/C18H22FN3O/c1-23-18-6-5-14(12-16(18)19)17(22-10-8-20-9-11-22)13-15-4-2-3-7-21-15/h2-7,12,17,20H,8-11,13H2,1H3. The molecule has 2 aromatic rings. The summed E-state index contributed by atoms with van der Waals surface area (Å²) in [7, 11) is 1.49. The minimum Gasteiger partial charge on any atom is -0.494 e. The zero-order chi connectivity index (χ0) is 16.1. The first-order chi connectivity index (χ1) is 11.3. The van der Waals surface area contributed by atoms with Gasteiger partial charge in [0.25, 0.3) is 0 Å². The lowest BCUT2D eigenvalue weighted by Crippen LogP contribution is -2.45. The Morgan fingerprint density at radius 3 is 2.74 bits per heavy atom. The van der Waals surface area contributed by atoms with E-state index in [2.05, 4.69) is 15.2 Å². The molecule has 1 aromatic carbocycles. The number of nitrogens with zero attached hydrogens (tertiary/aromatic N) is 2. The van der Waals surface area contributed by atoms with Crippen LogP contribution in [0.25, 0.3) is 0 Å². The van der Waals surface area contributed by atoms with Gasteiger partial charge in [-0.25, -0.2) is 4.39 Å². The fourth-order valence-corrected chi connectivity index (χ4v) is 3.06. The van der Waals surface area contributed by atoms with Gasteiger partial charge in [0, 0.05) is 50.5 Å². The van der Waals surface area contributed by atoms with Gasteiger partial charge in [-0.15, -0.1) is 0 Å². The summed E-state index contributed by atoms with van der Waals surface area (Å²) in [6.45, 7) is 3.81. The number of pyridine rings is 1. The molecule has 3 rings (SSSR count). The molecule has 23 heavy (non-hydrogen) atoms. The van der Waals surface area contributed by atoms with E-state index in [0.29, 0.717) is 0 Å². The van der Waals surface area contributed by atoms with Crippen molar-refractivity contribution >= 4 is 0 Å². The van der Waals surface area contributed by atoms with Crippen molar-refractivity contribution in [2.75, 3.05) is 33.3 Å². The van der Waals surface area contributed by atoms with Gasteiger partial charge >= 0.3 is 0 Å². The SMILES string of the molecule is COc1ccc(C(Cc2ccccn2)N2CCNCC2)cc1F. The highest BCUT2D eigenvalue weighted by Crippen LogP contribution is 2.28. The second kappa shape index (κ2) is 7.53. The molecule has 0 saturated carbocycles. The van der Waals surface area contributed by atoms with Crippen LogP contribution in [0.1, 0.15) is 17.3 Å². The molecule has 1 atom stereocenters. The number of ether oxygens (including phenoxy) is 1. The molecule has 122 valence electrons. The van der Waals surface area contributed by atoms with Crippen molar-refractivity contribution in [2.45, 2.75) is 12.5 Å². The topological polar surface area (TPSA) is 37.4 Å². The summed E-state index contributed by atoms with van der Waals surface area (Å²) < 4.78 is 19.2. The van der Waals surface area contributed by atoms with Gasteiger partial charge < -0.3 is 10.1 Å². The second-order valence-electron chi connectivity index (χ2n) is 5.72. The molecule has 5 heteroatoms.